The van der Waals surface area contributed by atoms with Gasteiger partial charge in [0, 0.05) is 80.1 Å². The van der Waals surface area contributed by atoms with Crippen molar-refractivity contribution >= 4 is 42.4 Å². The van der Waals surface area contributed by atoms with E-state index in [4.69, 9.17) is 5.10 Å². The highest BCUT2D eigenvalue weighted by molar-refractivity contribution is 7.25. The largest absolute Gasteiger partial charge is 0.246 e. The summed E-state index contributed by atoms with van der Waals surface area (Å²) in [5.41, 5.74) is 8.79. The SMILES string of the molecule is CCC1(C)n2nc(C(C)(C)C)cc2-c2cccc[n+]2C1(CC)CCC1c2ccc3sc4ccccc4c3c2-c2ccc3ccccc3[n+]21. The lowest BCUT2D eigenvalue weighted by molar-refractivity contribution is -0.776. The molecule has 5 heteroatoms. The molecule has 9 rings (SSSR count). The van der Waals surface area contributed by atoms with Crippen molar-refractivity contribution in [2.75, 3.05) is 0 Å². The van der Waals surface area contributed by atoms with Crippen molar-refractivity contribution in [3.05, 3.63) is 115 Å². The average Bonchev–Trinajstić information content (AvgIpc) is 3.81. The van der Waals surface area contributed by atoms with Crippen LogP contribution in [-0.2, 0) is 16.5 Å². The average molecular weight is 649 g/mol. The van der Waals surface area contributed by atoms with Crippen LogP contribution in [0.5, 0.6) is 0 Å². The van der Waals surface area contributed by atoms with E-state index in [0.717, 1.165) is 31.4 Å². The van der Waals surface area contributed by atoms with Crippen LogP contribution < -0.4 is 9.13 Å². The van der Waals surface area contributed by atoms with Gasteiger partial charge in [0.05, 0.1) is 11.3 Å². The Balaban J connectivity index is 1.25. The number of para-hydroxylation sites is 1. The zero-order valence-electron chi connectivity index (χ0n) is 28.9. The molecule has 7 aromatic rings. The number of hydrogen-bond donors (Lipinski definition) is 0. The lowest BCUT2D eigenvalue weighted by Crippen LogP contribution is -2.71. The molecule has 240 valence electrons. The van der Waals surface area contributed by atoms with E-state index in [9.17, 15) is 0 Å². The Bertz CT molecular complexity index is 2410. The number of fused-ring (bicyclic) bond motifs is 12. The van der Waals surface area contributed by atoms with Crippen LogP contribution in [0.15, 0.2) is 103 Å². The van der Waals surface area contributed by atoms with Gasteiger partial charge in [0.2, 0.25) is 16.9 Å². The smallest absolute Gasteiger partial charge is 0.231 e. The second kappa shape index (κ2) is 10.3. The first kappa shape index (κ1) is 29.8. The van der Waals surface area contributed by atoms with Gasteiger partial charge in [0.1, 0.15) is 11.2 Å². The molecule has 2 aliphatic rings. The summed E-state index contributed by atoms with van der Waals surface area (Å²) in [6, 6.07) is 36.7. The van der Waals surface area contributed by atoms with Gasteiger partial charge >= 0.3 is 0 Å². The van der Waals surface area contributed by atoms with Crippen LogP contribution in [0.25, 0.3) is 53.7 Å². The van der Waals surface area contributed by atoms with Crippen LogP contribution in [0.2, 0.25) is 0 Å². The topological polar surface area (TPSA) is 25.6 Å². The minimum absolute atomic E-state index is 0.0282. The molecule has 0 aliphatic carbocycles. The molecule has 3 unspecified atom stereocenters. The molecule has 0 fully saturated rings. The van der Waals surface area contributed by atoms with Crippen LogP contribution in [0, 0.1) is 0 Å². The van der Waals surface area contributed by atoms with Crippen LogP contribution in [-0.4, -0.2) is 9.78 Å². The molecule has 2 aliphatic heterocycles. The maximum absolute atomic E-state index is 5.44. The Kier molecular flexibility index (Phi) is 6.40. The predicted molar refractivity (Wildman–Crippen MR) is 199 cm³/mol. The summed E-state index contributed by atoms with van der Waals surface area (Å²) in [7, 11) is 0. The van der Waals surface area contributed by atoms with E-state index in [1.54, 1.807) is 0 Å². The first-order valence-electron chi connectivity index (χ1n) is 17.7. The minimum atomic E-state index is -0.208. The molecule has 0 radical (unpaired) electrons. The second-order valence-corrected chi connectivity index (χ2v) is 16.3. The number of benzene rings is 3. The number of nitrogens with zero attached hydrogens (tertiary/aromatic N) is 4. The second-order valence-electron chi connectivity index (χ2n) is 15.2. The summed E-state index contributed by atoms with van der Waals surface area (Å²) in [5, 5.41) is 9.52. The van der Waals surface area contributed by atoms with Gasteiger partial charge < -0.3 is 0 Å². The van der Waals surface area contributed by atoms with Gasteiger partial charge in [-0.1, -0.05) is 71.0 Å². The van der Waals surface area contributed by atoms with Gasteiger partial charge in [0.15, 0.2) is 17.8 Å². The first-order valence-corrected chi connectivity index (χ1v) is 18.5. The summed E-state index contributed by atoms with van der Waals surface area (Å²) in [5.74, 6) is 0. The standard InChI is InChI=1S/C43H44N4S/c1-7-42(6)43(8-2,45-26-14-13-18-33(45)35-27-38(41(3,4)5)44-47(35)42)25-24-32-29-21-23-37-40(30-16-10-12-19-36(30)48-37)39(29)34-22-20-28-15-9-11-17-31(28)46(32)34/h9-23,26-27,32H,7-8,24-25H2,1-6H3/q+2. The fourth-order valence-corrected chi connectivity index (χ4v) is 10.5. The molecular formula is C43H44N4S+2. The van der Waals surface area contributed by atoms with Gasteiger partial charge in [0.25, 0.3) is 0 Å². The van der Waals surface area contributed by atoms with Crippen molar-refractivity contribution in [3.8, 4) is 22.6 Å². The first-order chi connectivity index (χ1) is 23.2. The normalized spacial score (nSPS) is 21.4. The summed E-state index contributed by atoms with van der Waals surface area (Å²) in [6.07, 6.45) is 6.42. The molecule has 0 saturated carbocycles. The third-order valence-corrected chi connectivity index (χ3v) is 13.2. The van der Waals surface area contributed by atoms with E-state index in [1.165, 1.54) is 59.3 Å². The molecule has 0 saturated heterocycles. The number of hydrogen-bond acceptors (Lipinski definition) is 2. The minimum Gasteiger partial charge on any atom is -0.246 e. The highest BCUT2D eigenvalue weighted by atomic mass is 32.1. The van der Waals surface area contributed by atoms with Crippen LogP contribution in [0.3, 0.4) is 0 Å². The zero-order chi connectivity index (χ0) is 33.0. The Morgan fingerprint density at radius 3 is 2.44 bits per heavy atom. The molecule has 0 bridgehead atoms. The Morgan fingerprint density at radius 1 is 0.833 bits per heavy atom. The van der Waals surface area contributed by atoms with Crippen molar-refractivity contribution in [2.45, 2.75) is 89.8 Å². The quantitative estimate of drug-likeness (QED) is 0.171. The number of thiophene rings is 1. The van der Waals surface area contributed by atoms with Gasteiger partial charge in [-0.15, -0.1) is 11.3 Å². The van der Waals surface area contributed by atoms with E-state index in [2.05, 4.69) is 159 Å². The summed E-state index contributed by atoms with van der Waals surface area (Å²) >= 11 is 1.92. The van der Waals surface area contributed by atoms with Gasteiger partial charge in [-0.05, 0) is 49.7 Å². The molecule has 4 nitrogen and oxygen atoms in total. The van der Waals surface area contributed by atoms with E-state index >= 15 is 0 Å². The number of pyridine rings is 2. The number of aromatic nitrogens is 4. The Morgan fingerprint density at radius 2 is 1.62 bits per heavy atom. The third-order valence-electron chi connectivity index (χ3n) is 12.0. The van der Waals surface area contributed by atoms with Gasteiger partial charge in [-0.25, -0.2) is 4.68 Å². The maximum atomic E-state index is 5.44. The molecule has 3 atom stereocenters. The van der Waals surface area contributed by atoms with Gasteiger partial charge in [-0.3, -0.25) is 0 Å². The summed E-state index contributed by atoms with van der Waals surface area (Å²) < 4.78 is 10.5. The van der Waals surface area contributed by atoms with Crippen molar-refractivity contribution < 1.29 is 9.13 Å². The van der Waals surface area contributed by atoms with Crippen molar-refractivity contribution in [1.82, 2.24) is 9.78 Å². The van der Waals surface area contributed by atoms with Crippen molar-refractivity contribution in [3.63, 3.8) is 0 Å². The van der Waals surface area contributed by atoms with E-state index in [1.807, 2.05) is 11.3 Å². The Labute approximate surface area is 287 Å². The monoisotopic (exact) mass is 648 g/mol. The zero-order valence-corrected chi connectivity index (χ0v) is 29.7. The highest BCUT2D eigenvalue weighted by Gasteiger charge is 2.61. The predicted octanol–water partition coefficient (Wildman–Crippen LogP) is 10.2. The molecule has 0 amide bonds. The lowest BCUT2D eigenvalue weighted by atomic mass is 9.68. The Hall–Kier alpha value is -4.35. The molecular weight excluding hydrogens is 605 g/mol. The molecule has 6 heterocycles. The van der Waals surface area contributed by atoms with E-state index < -0.39 is 0 Å². The summed E-state index contributed by atoms with van der Waals surface area (Å²) in [6.45, 7) is 14.1. The summed E-state index contributed by atoms with van der Waals surface area (Å²) in [4.78, 5) is 0. The van der Waals surface area contributed by atoms with E-state index in [0.29, 0.717) is 0 Å². The molecule has 0 N–H and O–H groups in total. The highest BCUT2D eigenvalue weighted by Crippen LogP contribution is 2.51. The molecule has 0 spiro atoms. The lowest BCUT2D eigenvalue weighted by Gasteiger charge is -2.47. The fraction of sp³-hybridized carbons (Fsp3) is 0.326. The third kappa shape index (κ3) is 3.85. The molecule has 48 heavy (non-hydrogen) atoms. The number of rotatable bonds is 5. The van der Waals surface area contributed by atoms with Crippen LogP contribution in [0.4, 0.5) is 0 Å². The van der Waals surface area contributed by atoms with Gasteiger partial charge in [-0.2, -0.15) is 14.2 Å². The molecule has 3 aromatic carbocycles. The van der Waals surface area contributed by atoms with Crippen molar-refractivity contribution in [1.29, 1.82) is 0 Å². The fourth-order valence-electron chi connectivity index (χ4n) is 9.34. The molecule has 4 aromatic heterocycles. The van der Waals surface area contributed by atoms with Crippen LogP contribution >= 0.6 is 11.3 Å². The maximum Gasteiger partial charge on any atom is 0.231 e. The van der Waals surface area contributed by atoms with E-state index in [-0.39, 0.29) is 22.5 Å². The van der Waals surface area contributed by atoms with Crippen LogP contribution in [0.1, 0.15) is 84.5 Å². The van der Waals surface area contributed by atoms with Crippen molar-refractivity contribution in [2.24, 2.45) is 0 Å².